The zero-order valence-corrected chi connectivity index (χ0v) is 17.4. The molecule has 0 aromatic carbocycles. The predicted octanol–water partition coefficient (Wildman–Crippen LogP) is 3.00. The van der Waals surface area contributed by atoms with Crippen LogP contribution in [0.2, 0.25) is 0 Å². The van der Waals surface area contributed by atoms with Gasteiger partial charge in [-0.2, -0.15) is 0 Å². The number of unbranched alkanes of at least 4 members (excludes halogenated alkanes) is 2. The summed E-state index contributed by atoms with van der Waals surface area (Å²) < 4.78 is 4.45. The summed E-state index contributed by atoms with van der Waals surface area (Å²) >= 11 is 4.24. The van der Waals surface area contributed by atoms with Gasteiger partial charge in [0.05, 0.1) is 0 Å². The minimum Gasteiger partial charge on any atom is -0.476 e. The number of aliphatic carboxylic acids is 1. The van der Waals surface area contributed by atoms with Crippen LogP contribution in [0.15, 0.2) is 11.6 Å². The summed E-state index contributed by atoms with van der Waals surface area (Å²) in [6.45, 7) is 4.06. The fourth-order valence-electron chi connectivity index (χ4n) is 1.21. The number of hydrogen-bond donors (Lipinski definition) is 2. The van der Waals surface area contributed by atoms with Crippen molar-refractivity contribution >= 4 is 61.7 Å². The van der Waals surface area contributed by atoms with Gasteiger partial charge < -0.3 is 19.7 Å². The Morgan fingerprint density at radius 2 is 1.83 bits per heavy atom. The fraction of sp³-hybridized carbons (Fsp3) is 0.571. The van der Waals surface area contributed by atoms with Crippen molar-refractivity contribution in [3.05, 3.63) is 11.6 Å². The van der Waals surface area contributed by atoms with Crippen LogP contribution in [-0.2, 0) is 23.9 Å². The number of aldehydes is 2. The Hall–Kier alpha value is -0.560. The van der Waals surface area contributed by atoms with Gasteiger partial charge in [-0.05, 0) is 12.8 Å². The molecule has 0 bridgehead atoms. The van der Waals surface area contributed by atoms with Crippen molar-refractivity contribution in [2.24, 2.45) is 0 Å². The van der Waals surface area contributed by atoms with Crippen LogP contribution >= 0.6 is 37.2 Å². The number of carbonyl (C=O) groups is 4. The van der Waals surface area contributed by atoms with E-state index in [9.17, 15) is 9.59 Å². The van der Waals surface area contributed by atoms with E-state index in [0.717, 1.165) is 38.4 Å². The molecule has 0 aromatic heterocycles. The van der Waals surface area contributed by atoms with E-state index in [1.54, 1.807) is 0 Å². The molecule has 1 unspecified atom stereocenters. The Labute approximate surface area is 159 Å². The molecule has 0 saturated carbocycles. The van der Waals surface area contributed by atoms with Crippen molar-refractivity contribution in [1.29, 1.82) is 0 Å². The van der Waals surface area contributed by atoms with Crippen molar-refractivity contribution in [3.63, 3.8) is 0 Å². The number of carboxylic acids is 1. The number of carbonyl (C=O) groups excluding carboxylic acids is 3. The monoisotopic (exact) mass is 556 g/mol. The summed E-state index contributed by atoms with van der Waals surface area (Å²) in [4.78, 5) is 37.9. The summed E-state index contributed by atoms with van der Waals surface area (Å²) in [7, 11) is 0. The predicted molar refractivity (Wildman–Crippen MR) is 102 cm³/mol. The van der Waals surface area contributed by atoms with Crippen LogP contribution in [0.5, 0.6) is 0 Å². The van der Waals surface area contributed by atoms with Crippen molar-refractivity contribution in [2.75, 3.05) is 0 Å². The first-order valence-corrected chi connectivity index (χ1v) is 13.1. The minimum atomic E-state index is -1.43. The van der Waals surface area contributed by atoms with E-state index in [4.69, 9.17) is 19.8 Å². The summed E-state index contributed by atoms with van der Waals surface area (Å²) in [5, 5.41) is 16.3. The molecular weight excluding hydrogens is 534 g/mol. The van der Waals surface area contributed by atoms with Gasteiger partial charge in [-0.25, -0.2) is 9.59 Å². The van der Waals surface area contributed by atoms with E-state index in [1.807, 2.05) is 6.92 Å². The molecule has 1 aliphatic heterocycles. The number of aliphatic hydroxyl groups is 1. The highest BCUT2D eigenvalue weighted by Crippen LogP contribution is 2.17. The van der Waals surface area contributed by atoms with Crippen LogP contribution in [-0.4, -0.2) is 41.0 Å². The van der Waals surface area contributed by atoms with Gasteiger partial charge >= 0.3 is 11.9 Å². The average Bonchev–Trinajstić information content (AvgIpc) is 2.86. The highest BCUT2D eigenvalue weighted by Gasteiger charge is 2.22. The van der Waals surface area contributed by atoms with E-state index < -0.39 is 18.2 Å². The maximum Gasteiger partial charge on any atom is 0.368 e. The van der Waals surface area contributed by atoms with Crippen molar-refractivity contribution in [2.45, 2.75) is 52.2 Å². The molecular formula is C14H22I2O7. The lowest BCUT2D eigenvalue weighted by molar-refractivity contribution is -0.151. The van der Waals surface area contributed by atoms with Gasteiger partial charge in [-0.1, -0.05) is 26.7 Å². The van der Waals surface area contributed by atoms with Gasteiger partial charge in [0.1, 0.15) is 6.29 Å². The van der Waals surface area contributed by atoms with Gasteiger partial charge in [-0.15, -0.1) is 0 Å². The van der Waals surface area contributed by atoms with Gasteiger partial charge in [-0.3, -0.25) is 4.79 Å². The lowest BCUT2D eigenvalue weighted by atomic mass is 10.1. The van der Waals surface area contributed by atoms with Crippen LogP contribution in [0.25, 0.3) is 0 Å². The molecule has 2 N–H and O–H groups in total. The average molecular weight is 556 g/mol. The van der Waals surface area contributed by atoms with Crippen LogP contribution < -0.4 is 0 Å². The second-order valence-corrected chi connectivity index (χ2v) is 4.02. The molecule has 23 heavy (non-hydrogen) atoms. The standard InChI is InChI=1S/C7H10O3.C5H10O.C2H2O3.I2/c1-2-3-5-4-6(8)10-7(5)9;1-2-3-4-5-6;3-1-2(4)5;1-2/h4,7,9H,2-3H2,1H3;5H,2-4H2,1H3;1H,(H,4,5);. The molecule has 0 aliphatic carbocycles. The summed E-state index contributed by atoms with van der Waals surface area (Å²) in [5.41, 5.74) is 0.688. The van der Waals surface area contributed by atoms with Crippen LogP contribution in [0.4, 0.5) is 0 Å². The topological polar surface area (TPSA) is 118 Å². The maximum atomic E-state index is 10.5. The van der Waals surface area contributed by atoms with E-state index in [2.05, 4.69) is 48.9 Å². The van der Waals surface area contributed by atoms with Crippen molar-refractivity contribution in [1.82, 2.24) is 0 Å². The molecule has 0 spiro atoms. The van der Waals surface area contributed by atoms with Gasteiger partial charge in [0.15, 0.2) is 0 Å². The molecule has 0 radical (unpaired) electrons. The lowest BCUT2D eigenvalue weighted by Crippen LogP contribution is -2.09. The molecule has 7 nitrogen and oxygen atoms in total. The van der Waals surface area contributed by atoms with E-state index >= 15 is 0 Å². The second-order valence-electron chi connectivity index (χ2n) is 4.02. The molecule has 1 rings (SSSR count). The molecule has 0 fully saturated rings. The Morgan fingerprint density at radius 1 is 1.30 bits per heavy atom. The summed E-state index contributed by atoms with van der Waals surface area (Å²) in [5.74, 6) is -1.86. The minimum absolute atomic E-state index is 0.167. The van der Waals surface area contributed by atoms with Gasteiger partial charge in [0.2, 0.25) is 12.6 Å². The number of halogens is 2. The molecule has 134 valence electrons. The number of aliphatic hydroxyl groups excluding tert-OH is 1. The number of cyclic esters (lactones) is 1. The Balaban J connectivity index is -0.000000267. The van der Waals surface area contributed by atoms with E-state index in [-0.39, 0.29) is 6.29 Å². The van der Waals surface area contributed by atoms with E-state index in [1.165, 1.54) is 6.08 Å². The largest absolute Gasteiger partial charge is 0.476 e. The third-order valence-electron chi connectivity index (χ3n) is 2.16. The number of rotatable bonds is 6. The highest BCUT2D eigenvalue weighted by molar-refractivity contribution is 15.0. The zero-order valence-electron chi connectivity index (χ0n) is 13.0. The lowest BCUT2D eigenvalue weighted by Gasteiger charge is -2.04. The maximum absolute atomic E-state index is 10.5. The Bertz CT molecular complexity index is 370. The number of esters is 1. The van der Waals surface area contributed by atoms with Crippen molar-refractivity contribution in [3.8, 4) is 0 Å². The molecule has 1 aliphatic rings. The van der Waals surface area contributed by atoms with Gasteiger partial charge in [0, 0.05) is 55.3 Å². The molecule has 0 aromatic rings. The summed E-state index contributed by atoms with van der Waals surface area (Å²) in [6.07, 6.45) is 5.72. The third-order valence-corrected chi connectivity index (χ3v) is 2.16. The normalized spacial score (nSPS) is 14.4. The first-order valence-electron chi connectivity index (χ1n) is 6.77. The molecule has 1 atom stereocenters. The number of ether oxygens (including phenoxy) is 1. The van der Waals surface area contributed by atoms with Crippen LogP contribution in [0.3, 0.4) is 0 Å². The Morgan fingerprint density at radius 3 is 2.04 bits per heavy atom. The SMILES string of the molecule is CCCC1=CC(=O)OC1O.CCCCC=O.II.O=CC(=O)O. The smallest absolute Gasteiger partial charge is 0.368 e. The quantitative estimate of drug-likeness (QED) is 0.170. The van der Waals surface area contributed by atoms with Crippen LogP contribution in [0.1, 0.15) is 46.0 Å². The van der Waals surface area contributed by atoms with Crippen molar-refractivity contribution < 1.29 is 34.1 Å². The second kappa shape index (κ2) is 21.4. The third kappa shape index (κ3) is 21.4. The molecule has 0 saturated heterocycles. The number of carboxylic acid groups (broad SMARTS) is 1. The van der Waals surface area contributed by atoms with Gasteiger partial charge in [0.25, 0.3) is 0 Å². The molecule has 1 heterocycles. The number of hydrogen-bond acceptors (Lipinski definition) is 6. The summed E-state index contributed by atoms with van der Waals surface area (Å²) in [6, 6.07) is 0. The first kappa shape index (κ1) is 27.3. The highest BCUT2D eigenvalue weighted by atomic mass is 128. The molecule has 9 heteroatoms. The van der Waals surface area contributed by atoms with E-state index in [0.29, 0.717) is 5.57 Å². The molecule has 0 amide bonds. The zero-order chi connectivity index (χ0) is 18.7. The fourth-order valence-corrected chi connectivity index (χ4v) is 1.21. The van der Waals surface area contributed by atoms with Crippen LogP contribution in [0, 0.1) is 0 Å². The first-order chi connectivity index (χ1) is 10.9. The Kier molecular flexibility index (Phi) is 25.4.